The van der Waals surface area contributed by atoms with Crippen LogP contribution in [0.15, 0.2) is 61.1 Å². The van der Waals surface area contributed by atoms with Crippen LogP contribution in [0, 0.1) is 0 Å². The van der Waals surface area contributed by atoms with Crippen molar-refractivity contribution in [3.05, 3.63) is 72.2 Å². The summed E-state index contributed by atoms with van der Waals surface area (Å²) in [6, 6.07) is 13.9. The van der Waals surface area contributed by atoms with Gasteiger partial charge in [-0.25, -0.2) is 9.67 Å². The zero-order chi connectivity index (χ0) is 16.4. The first-order valence-corrected chi connectivity index (χ1v) is 8.13. The Morgan fingerprint density at radius 1 is 1.21 bits per heavy atom. The molecule has 120 valence electrons. The Morgan fingerprint density at radius 2 is 2.12 bits per heavy atom. The third kappa shape index (κ3) is 2.93. The highest BCUT2D eigenvalue weighted by Gasteiger charge is 2.24. The number of aromatic nitrogens is 3. The summed E-state index contributed by atoms with van der Waals surface area (Å²) in [5.74, 6) is 1.07. The van der Waals surface area contributed by atoms with E-state index in [0.29, 0.717) is 18.0 Å². The number of amides is 1. The van der Waals surface area contributed by atoms with Crippen LogP contribution in [0.4, 0.5) is 5.69 Å². The normalized spacial score (nSPS) is 15.9. The zero-order valence-electron chi connectivity index (χ0n) is 13.2. The van der Waals surface area contributed by atoms with Crippen LogP contribution in [0.1, 0.15) is 29.9 Å². The molecule has 1 aliphatic rings. The van der Waals surface area contributed by atoms with E-state index in [1.165, 1.54) is 11.1 Å². The number of hydrogen-bond acceptors (Lipinski definition) is 3. The van der Waals surface area contributed by atoms with E-state index in [1.54, 1.807) is 17.1 Å². The second-order valence-electron chi connectivity index (χ2n) is 6.04. The van der Waals surface area contributed by atoms with Crippen LogP contribution in [-0.2, 0) is 11.2 Å². The lowest BCUT2D eigenvalue weighted by Crippen LogP contribution is -2.15. The minimum absolute atomic E-state index is 0.0327. The molecular weight excluding hydrogens is 300 g/mol. The lowest BCUT2D eigenvalue weighted by Gasteiger charge is -2.12. The van der Waals surface area contributed by atoms with Gasteiger partial charge in [0.2, 0.25) is 5.91 Å². The van der Waals surface area contributed by atoms with E-state index in [9.17, 15) is 4.79 Å². The molecule has 3 aromatic rings. The molecule has 4 rings (SSSR count). The molecule has 0 saturated heterocycles. The number of benzene rings is 1. The summed E-state index contributed by atoms with van der Waals surface area (Å²) in [5.41, 5.74) is 3.41. The fourth-order valence-corrected chi connectivity index (χ4v) is 3.29. The number of carbonyl (C=O) groups excluding carboxylic acids is 1. The Morgan fingerprint density at radius 3 is 2.92 bits per heavy atom. The number of nitrogens with zero attached hydrogens (tertiary/aromatic N) is 3. The summed E-state index contributed by atoms with van der Waals surface area (Å²) in [7, 11) is 0. The standard InChI is InChI=1S/C19H18N4O/c24-19(12-15-7-6-14-4-1-2-5-17(14)15)22-16-8-9-18(20-13-16)23-11-3-10-21-23/h1-5,8-11,13,15H,6-7,12H2,(H,22,24). The van der Waals surface area contributed by atoms with Crippen LogP contribution in [0.2, 0.25) is 0 Å². The minimum atomic E-state index is 0.0327. The van der Waals surface area contributed by atoms with Gasteiger partial charge in [-0.2, -0.15) is 5.10 Å². The monoisotopic (exact) mass is 318 g/mol. The number of hydrogen-bond donors (Lipinski definition) is 1. The van der Waals surface area contributed by atoms with Crippen LogP contribution >= 0.6 is 0 Å². The van der Waals surface area contributed by atoms with Crippen molar-refractivity contribution in [1.29, 1.82) is 0 Å². The van der Waals surface area contributed by atoms with Crippen molar-refractivity contribution in [2.75, 3.05) is 5.32 Å². The van der Waals surface area contributed by atoms with Crippen molar-refractivity contribution in [2.24, 2.45) is 0 Å². The number of pyridine rings is 1. The summed E-state index contributed by atoms with van der Waals surface area (Å²) in [5, 5.41) is 7.07. The Hall–Kier alpha value is -2.95. The lowest BCUT2D eigenvalue weighted by atomic mass is 9.97. The summed E-state index contributed by atoms with van der Waals surface area (Å²) < 4.78 is 1.68. The molecule has 0 fully saturated rings. The number of fused-ring (bicyclic) bond motifs is 1. The van der Waals surface area contributed by atoms with Crippen molar-refractivity contribution >= 4 is 11.6 Å². The van der Waals surface area contributed by atoms with Gasteiger partial charge in [-0.05, 0) is 48.1 Å². The molecule has 0 saturated carbocycles. The third-order valence-electron chi connectivity index (χ3n) is 4.46. The largest absolute Gasteiger partial charge is 0.325 e. The van der Waals surface area contributed by atoms with Gasteiger partial charge < -0.3 is 5.32 Å². The fraction of sp³-hybridized carbons (Fsp3) is 0.211. The minimum Gasteiger partial charge on any atom is -0.325 e. The van der Waals surface area contributed by atoms with Gasteiger partial charge in [0.05, 0.1) is 11.9 Å². The maximum atomic E-state index is 12.3. The highest BCUT2D eigenvalue weighted by molar-refractivity contribution is 5.91. The van der Waals surface area contributed by atoms with E-state index in [-0.39, 0.29) is 5.91 Å². The smallest absolute Gasteiger partial charge is 0.225 e. The van der Waals surface area contributed by atoms with Gasteiger partial charge >= 0.3 is 0 Å². The molecule has 1 aromatic carbocycles. The van der Waals surface area contributed by atoms with Gasteiger partial charge in [0.1, 0.15) is 0 Å². The SMILES string of the molecule is O=C(CC1CCc2ccccc21)Nc1ccc(-n2cccn2)nc1. The summed E-state index contributed by atoms with van der Waals surface area (Å²) in [6.45, 7) is 0. The molecule has 1 unspecified atom stereocenters. The molecule has 1 aliphatic carbocycles. The van der Waals surface area contributed by atoms with Crippen LogP contribution in [0.5, 0.6) is 0 Å². The van der Waals surface area contributed by atoms with Crippen molar-refractivity contribution < 1.29 is 4.79 Å². The molecule has 0 bridgehead atoms. The number of carbonyl (C=O) groups is 1. The van der Waals surface area contributed by atoms with Crippen LogP contribution < -0.4 is 5.32 Å². The van der Waals surface area contributed by atoms with Crippen LogP contribution in [0.3, 0.4) is 0 Å². The maximum absolute atomic E-state index is 12.3. The molecule has 1 atom stereocenters. The van der Waals surface area contributed by atoms with Gasteiger partial charge in [0.25, 0.3) is 0 Å². The zero-order valence-corrected chi connectivity index (χ0v) is 13.2. The van der Waals surface area contributed by atoms with E-state index in [4.69, 9.17) is 0 Å². The van der Waals surface area contributed by atoms with E-state index >= 15 is 0 Å². The first kappa shape index (κ1) is 14.6. The molecule has 0 spiro atoms. The molecule has 2 aromatic heterocycles. The van der Waals surface area contributed by atoms with E-state index in [1.807, 2.05) is 30.5 Å². The summed E-state index contributed by atoms with van der Waals surface area (Å²) in [6.07, 6.45) is 7.82. The molecule has 5 nitrogen and oxygen atoms in total. The average Bonchev–Trinajstić information content (AvgIpc) is 3.26. The third-order valence-corrected chi connectivity index (χ3v) is 4.46. The number of aryl methyl sites for hydroxylation is 1. The summed E-state index contributed by atoms with van der Waals surface area (Å²) in [4.78, 5) is 16.7. The van der Waals surface area contributed by atoms with Gasteiger partial charge in [-0.3, -0.25) is 4.79 Å². The molecule has 1 amide bonds. The predicted molar refractivity (Wildman–Crippen MR) is 92.1 cm³/mol. The van der Waals surface area contributed by atoms with E-state index in [0.717, 1.165) is 18.7 Å². The average molecular weight is 318 g/mol. The Kier molecular flexibility index (Phi) is 3.83. The lowest BCUT2D eigenvalue weighted by molar-refractivity contribution is -0.116. The van der Waals surface area contributed by atoms with Crippen molar-refractivity contribution in [3.63, 3.8) is 0 Å². The van der Waals surface area contributed by atoms with Crippen LogP contribution in [-0.4, -0.2) is 20.7 Å². The van der Waals surface area contributed by atoms with E-state index < -0.39 is 0 Å². The van der Waals surface area contributed by atoms with Crippen molar-refractivity contribution in [3.8, 4) is 5.82 Å². The molecule has 0 aliphatic heterocycles. The maximum Gasteiger partial charge on any atom is 0.225 e. The Bertz CT molecular complexity index is 840. The van der Waals surface area contributed by atoms with Crippen molar-refractivity contribution in [2.45, 2.75) is 25.2 Å². The molecule has 5 heteroatoms. The molecular formula is C19H18N4O. The quantitative estimate of drug-likeness (QED) is 0.802. The Labute approximate surface area is 140 Å². The fourth-order valence-electron chi connectivity index (χ4n) is 3.29. The second-order valence-corrected chi connectivity index (χ2v) is 6.04. The molecule has 2 heterocycles. The van der Waals surface area contributed by atoms with Gasteiger partial charge in [-0.15, -0.1) is 0 Å². The number of rotatable bonds is 4. The van der Waals surface area contributed by atoms with Gasteiger partial charge in [0, 0.05) is 18.8 Å². The highest BCUT2D eigenvalue weighted by atomic mass is 16.1. The van der Waals surface area contributed by atoms with Gasteiger partial charge in [-0.1, -0.05) is 24.3 Å². The summed E-state index contributed by atoms with van der Waals surface area (Å²) >= 11 is 0. The Balaban J connectivity index is 1.40. The molecule has 24 heavy (non-hydrogen) atoms. The first-order valence-electron chi connectivity index (χ1n) is 8.13. The topological polar surface area (TPSA) is 59.8 Å². The highest BCUT2D eigenvalue weighted by Crippen LogP contribution is 2.35. The second kappa shape index (κ2) is 6.28. The van der Waals surface area contributed by atoms with Crippen LogP contribution in [0.25, 0.3) is 5.82 Å². The van der Waals surface area contributed by atoms with Gasteiger partial charge in [0.15, 0.2) is 5.82 Å². The van der Waals surface area contributed by atoms with Crippen molar-refractivity contribution in [1.82, 2.24) is 14.8 Å². The first-order chi connectivity index (χ1) is 11.8. The predicted octanol–water partition coefficient (Wildman–Crippen LogP) is 3.33. The van der Waals surface area contributed by atoms with E-state index in [2.05, 4.69) is 33.6 Å². The molecule has 1 N–H and O–H groups in total. The number of nitrogens with one attached hydrogen (secondary N) is 1. The number of anilines is 1. The molecule has 0 radical (unpaired) electrons.